The Hall–Kier alpha value is -2.56. The molecule has 27 heavy (non-hydrogen) atoms. The number of fused-ring (bicyclic) bond motifs is 5. The molecular formula is C22H28N4O. The number of allylic oxidation sites excluding steroid dienone is 1. The molecule has 2 aliphatic heterocycles. The fourth-order valence-corrected chi connectivity index (χ4v) is 4.71. The molecular weight excluding hydrogens is 336 g/mol. The average molecular weight is 364 g/mol. The Labute approximate surface area is 160 Å². The molecule has 3 aliphatic rings. The number of nitrogens with zero attached hydrogens (tertiary/aromatic N) is 1. The first-order chi connectivity index (χ1) is 13.3. The van der Waals surface area contributed by atoms with Gasteiger partial charge < -0.3 is 10.3 Å². The van der Waals surface area contributed by atoms with Gasteiger partial charge in [-0.15, -0.1) is 0 Å². The Morgan fingerprint density at radius 3 is 2.74 bits per heavy atom. The zero-order valence-electron chi connectivity index (χ0n) is 16.2. The molecule has 0 saturated heterocycles. The number of nitrogens with one attached hydrogen (secondary N) is 3. The summed E-state index contributed by atoms with van der Waals surface area (Å²) in [7, 11) is 0. The number of aromatic amines is 1. The van der Waals surface area contributed by atoms with Crippen molar-refractivity contribution in [2.45, 2.75) is 64.2 Å². The van der Waals surface area contributed by atoms with E-state index in [-0.39, 0.29) is 11.3 Å². The fourth-order valence-electron chi connectivity index (χ4n) is 4.71. The molecule has 5 nitrogen and oxygen atoms in total. The lowest BCUT2D eigenvalue weighted by molar-refractivity contribution is -0.120. The largest absolute Gasteiger partial charge is 0.353 e. The highest BCUT2D eigenvalue weighted by atomic mass is 16.2. The lowest BCUT2D eigenvalue weighted by Crippen LogP contribution is -2.30. The maximum atomic E-state index is 12.7. The summed E-state index contributed by atoms with van der Waals surface area (Å²) in [6, 6.07) is 4.38. The smallest absolute Gasteiger partial charge is 0.235 e. The normalized spacial score (nSPS) is 22.2. The number of H-pyrrole nitrogens is 1. The molecule has 1 saturated carbocycles. The molecule has 3 N–H and O–H groups in total. The first-order valence-electron chi connectivity index (χ1n) is 10.2. The summed E-state index contributed by atoms with van der Waals surface area (Å²) >= 11 is 0. The molecule has 0 unspecified atom stereocenters. The zero-order valence-corrected chi connectivity index (χ0v) is 16.2. The highest BCUT2D eigenvalue weighted by Crippen LogP contribution is 2.50. The van der Waals surface area contributed by atoms with Gasteiger partial charge in [-0.2, -0.15) is 5.10 Å². The Morgan fingerprint density at radius 1 is 1.11 bits per heavy atom. The lowest BCUT2D eigenvalue weighted by atomic mass is 9.80. The van der Waals surface area contributed by atoms with Gasteiger partial charge in [-0.1, -0.05) is 32.8 Å². The van der Waals surface area contributed by atoms with Crippen LogP contribution in [-0.4, -0.2) is 17.1 Å². The van der Waals surface area contributed by atoms with Crippen molar-refractivity contribution in [2.75, 3.05) is 5.32 Å². The molecule has 142 valence electrons. The lowest BCUT2D eigenvalue weighted by Gasteiger charge is -2.20. The van der Waals surface area contributed by atoms with Crippen LogP contribution in [0.5, 0.6) is 0 Å². The maximum Gasteiger partial charge on any atom is 0.235 e. The van der Waals surface area contributed by atoms with E-state index in [4.69, 9.17) is 0 Å². The summed E-state index contributed by atoms with van der Waals surface area (Å²) in [5.74, 6) is 0.194. The van der Waals surface area contributed by atoms with Gasteiger partial charge in [0.05, 0.1) is 17.3 Å². The topological polar surface area (TPSA) is 69.3 Å². The van der Waals surface area contributed by atoms with Crippen molar-refractivity contribution in [3.8, 4) is 0 Å². The van der Waals surface area contributed by atoms with Crippen molar-refractivity contribution >= 4 is 28.7 Å². The van der Waals surface area contributed by atoms with Crippen LogP contribution in [0.4, 0.5) is 5.69 Å². The van der Waals surface area contributed by atoms with Crippen molar-refractivity contribution < 1.29 is 4.79 Å². The Kier molecular flexibility index (Phi) is 4.77. The van der Waals surface area contributed by atoms with Crippen LogP contribution in [0.25, 0.3) is 10.9 Å². The molecule has 1 aromatic carbocycles. The van der Waals surface area contributed by atoms with Crippen molar-refractivity contribution in [2.24, 2.45) is 5.10 Å². The van der Waals surface area contributed by atoms with Gasteiger partial charge in [0, 0.05) is 22.8 Å². The van der Waals surface area contributed by atoms with Crippen LogP contribution in [-0.2, 0) is 16.6 Å². The van der Waals surface area contributed by atoms with Crippen LogP contribution in [0.3, 0.4) is 0 Å². The number of rotatable bonds is 0. The monoisotopic (exact) mass is 364 g/mol. The third-order valence-corrected chi connectivity index (χ3v) is 5.99. The summed E-state index contributed by atoms with van der Waals surface area (Å²) in [6.45, 7) is 4.00. The second-order valence-electron chi connectivity index (χ2n) is 7.39. The minimum absolute atomic E-state index is 0.194. The molecule has 1 fully saturated rings. The maximum absolute atomic E-state index is 12.7. The number of hydrazone groups is 1. The molecule has 2 aromatic rings. The number of hydrogen-bond donors (Lipinski definition) is 3. The van der Waals surface area contributed by atoms with Gasteiger partial charge in [-0.25, -0.2) is 0 Å². The van der Waals surface area contributed by atoms with Crippen molar-refractivity contribution in [3.05, 3.63) is 41.2 Å². The molecule has 1 aliphatic carbocycles. The molecule has 0 radical (unpaired) electrons. The molecule has 0 bridgehead atoms. The van der Waals surface area contributed by atoms with Gasteiger partial charge >= 0.3 is 0 Å². The second kappa shape index (κ2) is 7.22. The first kappa shape index (κ1) is 17.8. The van der Waals surface area contributed by atoms with Gasteiger partial charge in [-0.05, 0) is 55.4 Å². The number of aryl methyl sites for hydroxylation is 1. The number of benzene rings is 1. The van der Waals surface area contributed by atoms with E-state index in [1.54, 1.807) is 0 Å². The first-order valence-corrected chi connectivity index (χ1v) is 10.2. The highest BCUT2D eigenvalue weighted by molar-refractivity contribution is 6.09. The number of hydrogen-bond acceptors (Lipinski definition) is 3. The fraction of sp³-hybridized carbons (Fsp3) is 0.455. The van der Waals surface area contributed by atoms with Gasteiger partial charge in [0.25, 0.3) is 0 Å². The second-order valence-corrected chi connectivity index (χ2v) is 7.39. The van der Waals surface area contributed by atoms with E-state index < -0.39 is 0 Å². The number of anilines is 1. The molecule has 1 aromatic heterocycles. The molecule has 3 heterocycles. The third-order valence-electron chi connectivity index (χ3n) is 5.99. The summed E-state index contributed by atoms with van der Waals surface area (Å²) in [4.78, 5) is 16.2. The predicted octanol–water partition coefficient (Wildman–Crippen LogP) is 4.73. The number of carbonyl (C=O) groups is 1. The van der Waals surface area contributed by atoms with Crippen LogP contribution in [0.1, 0.15) is 69.2 Å². The molecule has 0 atom stereocenters. The SMILES string of the molecule is CC.O=C1Nc2cc3c4c([nH]c3cc2C12CCCC2)/C=N/N/C=C/CCC4. The summed E-state index contributed by atoms with van der Waals surface area (Å²) in [5, 5.41) is 8.64. The molecule has 1 spiro atoms. The Bertz CT molecular complexity index is 916. The van der Waals surface area contributed by atoms with Gasteiger partial charge in [0.1, 0.15) is 0 Å². The summed E-state index contributed by atoms with van der Waals surface area (Å²) in [5.41, 5.74) is 8.31. The van der Waals surface area contributed by atoms with E-state index in [9.17, 15) is 4.79 Å². The highest BCUT2D eigenvalue weighted by Gasteiger charge is 2.48. The van der Waals surface area contributed by atoms with E-state index in [0.717, 1.165) is 61.8 Å². The van der Waals surface area contributed by atoms with Gasteiger partial charge in [-0.3, -0.25) is 10.2 Å². The van der Waals surface area contributed by atoms with E-state index in [1.807, 2.05) is 26.3 Å². The molecule has 1 amide bonds. The van der Waals surface area contributed by atoms with E-state index >= 15 is 0 Å². The minimum atomic E-state index is -0.294. The standard InChI is InChI=1S/C20H22N4O.C2H6/c25-19-20(7-3-4-8-20)15-11-16-14(10-17(15)24-19)13-6-2-1-5-9-21-22-12-18(13)23-16;1-2/h5,9-12,21,23H,1-4,6-8H2,(H,24,25);1-2H3/b9-5+,22-12+;. The van der Waals surface area contributed by atoms with Crippen LogP contribution in [0.15, 0.2) is 29.5 Å². The number of amides is 1. The van der Waals surface area contributed by atoms with Crippen LogP contribution in [0.2, 0.25) is 0 Å². The summed E-state index contributed by atoms with van der Waals surface area (Å²) in [6.07, 6.45) is 13.2. The van der Waals surface area contributed by atoms with Crippen molar-refractivity contribution in [3.63, 3.8) is 0 Å². The molecule has 5 rings (SSSR count). The van der Waals surface area contributed by atoms with Crippen LogP contribution < -0.4 is 10.7 Å². The summed E-state index contributed by atoms with van der Waals surface area (Å²) < 4.78 is 0. The van der Waals surface area contributed by atoms with Gasteiger partial charge in [0.15, 0.2) is 0 Å². The Morgan fingerprint density at radius 2 is 1.93 bits per heavy atom. The third kappa shape index (κ3) is 2.85. The van der Waals surface area contributed by atoms with Crippen molar-refractivity contribution in [1.82, 2.24) is 10.4 Å². The average Bonchev–Trinajstić information content (AvgIpc) is 3.37. The van der Waals surface area contributed by atoms with Gasteiger partial charge in [0.2, 0.25) is 5.91 Å². The molecule has 5 heteroatoms. The van der Waals surface area contributed by atoms with E-state index in [2.05, 4.69) is 39.0 Å². The van der Waals surface area contributed by atoms with Crippen LogP contribution >= 0.6 is 0 Å². The number of carbonyl (C=O) groups excluding carboxylic acids is 1. The quantitative estimate of drug-likeness (QED) is 0.632. The predicted molar refractivity (Wildman–Crippen MR) is 111 cm³/mol. The minimum Gasteiger partial charge on any atom is -0.353 e. The zero-order chi connectivity index (χ0) is 18.9. The van der Waals surface area contributed by atoms with E-state index in [0.29, 0.717) is 0 Å². The Balaban J connectivity index is 0.000000872. The van der Waals surface area contributed by atoms with Crippen molar-refractivity contribution in [1.29, 1.82) is 0 Å². The number of aromatic nitrogens is 1. The van der Waals surface area contributed by atoms with E-state index in [1.165, 1.54) is 16.5 Å². The van der Waals surface area contributed by atoms with Crippen LogP contribution in [0, 0.1) is 0 Å².